The van der Waals surface area contributed by atoms with Crippen LogP contribution in [0.2, 0.25) is 5.02 Å². The van der Waals surface area contributed by atoms with E-state index in [0.29, 0.717) is 37.5 Å². The number of nitrogens with one attached hydrogen (secondary N) is 1. The summed E-state index contributed by atoms with van der Waals surface area (Å²) in [5.74, 6) is 0.0420. The van der Waals surface area contributed by atoms with Gasteiger partial charge in [-0.15, -0.1) is 0 Å². The number of aromatic hydroxyl groups is 1. The highest BCUT2D eigenvalue weighted by atomic mass is 127. The molecule has 0 saturated carbocycles. The lowest BCUT2D eigenvalue weighted by molar-refractivity contribution is 0.0391. The Bertz CT molecular complexity index is 823. The summed E-state index contributed by atoms with van der Waals surface area (Å²) >= 11 is 8.59. The summed E-state index contributed by atoms with van der Waals surface area (Å²) in [6.45, 7) is 3.40. The van der Waals surface area contributed by atoms with E-state index in [1.807, 2.05) is 12.1 Å². The lowest BCUT2D eigenvalue weighted by Gasteiger charge is -2.14. The fourth-order valence-corrected chi connectivity index (χ4v) is 4.35. The van der Waals surface area contributed by atoms with Gasteiger partial charge in [0.05, 0.1) is 32.5 Å². The third-order valence-corrected chi connectivity index (χ3v) is 6.54. The summed E-state index contributed by atoms with van der Waals surface area (Å²) in [6.07, 6.45) is 3.58. The topological polar surface area (TPSA) is 91.2 Å². The Morgan fingerprint density at radius 2 is 1.76 bits per heavy atom. The molecule has 0 fully saturated rings. The van der Waals surface area contributed by atoms with Gasteiger partial charge in [-0.25, -0.2) is 0 Å². The third kappa shape index (κ3) is 10.5. The molecule has 0 unspecified atom stereocenters. The minimum Gasteiger partial charge on any atom is -0.508 e. The molecule has 2 aromatic carbocycles. The molecule has 1 atom stereocenters. The van der Waals surface area contributed by atoms with E-state index in [1.165, 1.54) is 11.6 Å². The van der Waals surface area contributed by atoms with Gasteiger partial charge in [0.2, 0.25) is 0 Å². The average molecular weight is 592 g/mol. The van der Waals surface area contributed by atoms with Gasteiger partial charge in [0.15, 0.2) is 0 Å². The van der Waals surface area contributed by atoms with E-state index in [1.54, 1.807) is 12.1 Å². The van der Waals surface area contributed by atoms with Crippen LogP contribution in [0, 0.1) is 0 Å². The van der Waals surface area contributed by atoms with Crippen LogP contribution in [-0.2, 0) is 27.1 Å². The highest BCUT2D eigenvalue weighted by Crippen LogP contribution is 2.23. The monoisotopic (exact) mass is 591 g/mol. The molecule has 8 heteroatoms. The molecule has 0 aliphatic rings. The number of halogens is 2. The summed E-state index contributed by atoms with van der Waals surface area (Å²) in [5.41, 5.74) is 3.38. The van der Waals surface area contributed by atoms with Gasteiger partial charge in [-0.2, -0.15) is 0 Å². The summed E-state index contributed by atoms with van der Waals surface area (Å²) < 4.78 is 12.3. The van der Waals surface area contributed by atoms with E-state index < -0.39 is 6.10 Å². The maximum Gasteiger partial charge on any atom is 0.121 e. The predicted octanol–water partition coefficient (Wildman–Crippen LogP) is 4.89. The van der Waals surface area contributed by atoms with Crippen LogP contribution in [0.4, 0.5) is 0 Å². The zero-order valence-corrected chi connectivity index (χ0v) is 21.9. The van der Waals surface area contributed by atoms with E-state index in [9.17, 15) is 15.3 Å². The third-order valence-electron chi connectivity index (χ3n) is 5.37. The van der Waals surface area contributed by atoms with Gasteiger partial charge < -0.3 is 30.1 Å². The predicted molar refractivity (Wildman–Crippen MR) is 140 cm³/mol. The van der Waals surface area contributed by atoms with Crippen LogP contribution < -0.4 is 5.32 Å². The van der Waals surface area contributed by atoms with E-state index in [0.717, 1.165) is 53.8 Å². The van der Waals surface area contributed by atoms with Crippen molar-refractivity contribution < 1.29 is 24.8 Å². The Morgan fingerprint density at radius 1 is 0.970 bits per heavy atom. The molecule has 0 radical (unpaired) electrons. The van der Waals surface area contributed by atoms with Crippen molar-refractivity contribution in [1.29, 1.82) is 0 Å². The number of aliphatic hydroxyl groups excluding tert-OH is 2. The number of ether oxygens (including phenoxy) is 2. The van der Waals surface area contributed by atoms with Crippen molar-refractivity contribution in [3.8, 4) is 5.75 Å². The van der Waals surface area contributed by atoms with Gasteiger partial charge in [-0.3, -0.25) is 0 Å². The van der Waals surface area contributed by atoms with Gasteiger partial charge in [-0.1, -0.05) is 65.2 Å². The SMILES string of the molecule is OCc1cc([C@@H](O)CNCCCCCCOCCOCc2c(Cl)cccc2CI)ccc1O. The maximum atomic E-state index is 10.2. The minimum absolute atomic E-state index is 0.0420. The number of aliphatic hydroxyl groups is 2. The standard InChI is InChI=1S/C25H35ClINO5/c26-23-7-5-6-20(15-27)22(23)18-33-13-12-32-11-4-2-1-3-10-28-16-25(31)19-8-9-24(30)21(14-19)17-29/h5-9,14,25,28-31H,1-4,10-13,15-18H2/t25-/m0/s1. The van der Waals surface area contributed by atoms with E-state index >= 15 is 0 Å². The van der Waals surface area contributed by atoms with Crippen LogP contribution in [0.25, 0.3) is 0 Å². The van der Waals surface area contributed by atoms with Gasteiger partial charge in [0, 0.05) is 33.7 Å². The summed E-state index contributed by atoms with van der Waals surface area (Å²) in [6, 6.07) is 10.7. The van der Waals surface area contributed by atoms with Crippen molar-refractivity contribution >= 4 is 34.2 Å². The number of benzene rings is 2. The summed E-state index contributed by atoms with van der Waals surface area (Å²) in [7, 11) is 0. The van der Waals surface area contributed by atoms with E-state index in [2.05, 4.69) is 34.0 Å². The van der Waals surface area contributed by atoms with Crippen molar-refractivity contribution in [2.24, 2.45) is 0 Å². The van der Waals surface area contributed by atoms with Crippen molar-refractivity contribution in [3.05, 3.63) is 63.7 Å². The summed E-state index contributed by atoms with van der Waals surface area (Å²) in [4.78, 5) is 0. The highest BCUT2D eigenvalue weighted by Gasteiger charge is 2.10. The molecule has 184 valence electrons. The first-order valence-corrected chi connectivity index (χ1v) is 13.3. The van der Waals surface area contributed by atoms with Crippen LogP contribution >= 0.6 is 34.2 Å². The first kappa shape index (κ1) is 28.3. The molecular weight excluding hydrogens is 557 g/mol. The molecule has 0 aliphatic heterocycles. The average Bonchev–Trinajstić information content (AvgIpc) is 2.82. The molecule has 0 spiro atoms. The normalized spacial score (nSPS) is 12.2. The second-order valence-corrected chi connectivity index (χ2v) is 9.03. The minimum atomic E-state index is -0.669. The quantitative estimate of drug-likeness (QED) is 0.119. The molecular formula is C25H35ClINO5. The second-order valence-electron chi connectivity index (χ2n) is 7.86. The van der Waals surface area contributed by atoms with Crippen LogP contribution in [0.15, 0.2) is 36.4 Å². The molecule has 2 rings (SSSR count). The Balaban J connectivity index is 1.43. The van der Waals surface area contributed by atoms with E-state index in [-0.39, 0.29) is 12.4 Å². The molecule has 4 N–H and O–H groups in total. The smallest absolute Gasteiger partial charge is 0.121 e. The largest absolute Gasteiger partial charge is 0.508 e. The molecule has 0 saturated heterocycles. The lowest BCUT2D eigenvalue weighted by atomic mass is 10.1. The number of hydrogen-bond donors (Lipinski definition) is 4. The lowest BCUT2D eigenvalue weighted by Crippen LogP contribution is -2.22. The fourth-order valence-electron chi connectivity index (χ4n) is 3.39. The highest BCUT2D eigenvalue weighted by molar-refractivity contribution is 14.1. The van der Waals surface area contributed by atoms with Crippen molar-refractivity contribution in [2.45, 2.75) is 49.4 Å². The molecule has 33 heavy (non-hydrogen) atoms. The zero-order valence-electron chi connectivity index (χ0n) is 18.9. The Kier molecular flexibility index (Phi) is 14.3. The number of phenols is 1. The van der Waals surface area contributed by atoms with E-state index in [4.69, 9.17) is 21.1 Å². The van der Waals surface area contributed by atoms with Gasteiger partial charge in [-0.05, 0) is 48.7 Å². The van der Waals surface area contributed by atoms with Crippen LogP contribution in [-0.4, -0.2) is 48.2 Å². The Labute approximate surface area is 215 Å². The summed E-state index contributed by atoms with van der Waals surface area (Å²) in [5, 5.41) is 33.1. The number of hydrogen-bond acceptors (Lipinski definition) is 6. The number of unbranched alkanes of at least 4 members (excludes halogenated alkanes) is 3. The first-order chi connectivity index (χ1) is 16.1. The maximum absolute atomic E-state index is 10.2. The van der Waals surface area contributed by atoms with Gasteiger partial charge in [0.25, 0.3) is 0 Å². The van der Waals surface area contributed by atoms with Crippen molar-refractivity contribution in [2.75, 3.05) is 32.9 Å². The fraction of sp³-hybridized carbons (Fsp3) is 0.520. The Morgan fingerprint density at radius 3 is 2.55 bits per heavy atom. The van der Waals surface area contributed by atoms with Crippen LogP contribution in [0.3, 0.4) is 0 Å². The molecule has 0 aromatic heterocycles. The number of rotatable bonds is 17. The Hall–Kier alpha value is -0.940. The van der Waals surface area contributed by atoms with Crippen molar-refractivity contribution in [1.82, 2.24) is 5.32 Å². The zero-order chi connectivity index (χ0) is 23.9. The van der Waals surface area contributed by atoms with Crippen LogP contribution in [0.1, 0.15) is 54.0 Å². The molecule has 0 heterocycles. The van der Waals surface area contributed by atoms with Gasteiger partial charge >= 0.3 is 0 Å². The second kappa shape index (κ2) is 16.6. The molecule has 0 aliphatic carbocycles. The molecule has 0 bridgehead atoms. The van der Waals surface area contributed by atoms with Gasteiger partial charge in [0.1, 0.15) is 5.75 Å². The number of alkyl halides is 1. The molecule has 0 amide bonds. The van der Waals surface area contributed by atoms with Crippen molar-refractivity contribution in [3.63, 3.8) is 0 Å². The molecule has 6 nitrogen and oxygen atoms in total. The van der Waals surface area contributed by atoms with Crippen LogP contribution in [0.5, 0.6) is 5.75 Å². The first-order valence-electron chi connectivity index (χ1n) is 11.4. The molecule has 2 aromatic rings.